The molecule has 1 aromatic carbocycles. The first-order chi connectivity index (χ1) is 8.28. The van der Waals surface area contributed by atoms with Gasteiger partial charge in [-0.15, -0.1) is 0 Å². The maximum atomic E-state index is 3.89. The van der Waals surface area contributed by atoms with Crippen LogP contribution in [0.5, 0.6) is 0 Å². The number of hydrogen-bond donors (Lipinski definition) is 0. The van der Waals surface area contributed by atoms with Gasteiger partial charge in [0.05, 0.1) is 0 Å². The van der Waals surface area contributed by atoms with Gasteiger partial charge in [-0.05, 0) is 60.7 Å². The Hall–Kier alpha value is -0.560. The lowest BCUT2D eigenvalue weighted by Gasteiger charge is -2.33. The quantitative estimate of drug-likeness (QED) is 0.687. The molecule has 96 valence electrons. The van der Waals surface area contributed by atoms with Gasteiger partial charge >= 0.3 is 0 Å². The maximum Gasteiger partial charge on any atom is 0.0291 e. The zero-order valence-corrected chi connectivity index (χ0v) is 13.5. The van der Waals surface area contributed by atoms with Crippen LogP contribution in [0.15, 0.2) is 10.5 Å². The molecule has 0 saturated carbocycles. The van der Waals surface area contributed by atoms with E-state index >= 15 is 0 Å². The Morgan fingerprint density at radius 2 is 1.78 bits per heavy atom. The van der Waals surface area contributed by atoms with Crippen molar-refractivity contribution in [1.29, 1.82) is 0 Å². The van der Waals surface area contributed by atoms with Crippen molar-refractivity contribution in [2.24, 2.45) is 5.92 Å². The van der Waals surface area contributed by atoms with Crippen LogP contribution in [-0.4, -0.2) is 0 Å². The number of halogens is 1. The van der Waals surface area contributed by atoms with E-state index in [0.717, 1.165) is 6.42 Å². The molecule has 1 atom stereocenters. The third-order valence-electron chi connectivity index (χ3n) is 5.50. The summed E-state index contributed by atoms with van der Waals surface area (Å²) < 4.78 is 1.34. The molecule has 0 amide bonds. The van der Waals surface area contributed by atoms with Crippen molar-refractivity contribution in [3.8, 4) is 0 Å². The van der Waals surface area contributed by atoms with E-state index in [1.165, 1.54) is 26.0 Å². The molecule has 0 aromatic heterocycles. The predicted octanol–water partition coefficient (Wildman–Crippen LogP) is 3.62. The maximum absolute atomic E-state index is 3.89. The van der Waals surface area contributed by atoms with Crippen molar-refractivity contribution >= 4 is 28.1 Å². The van der Waals surface area contributed by atoms with Crippen molar-refractivity contribution in [2.75, 3.05) is 0 Å². The van der Waals surface area contributed by atoms with Crippen molar-refractivity contribution in [3.05, 3.63) is 32.1 Å². The first kappa shape index (κ1) is 12.5. The number of rotatable bonds is 0. The summed E-state index contributed by atoms with van der Waals surface area (Å²) in [5.74, 6) is 0.652. The van der Waals surface area contributed by atoms with Crippen LogP contribution in [0.2, 0.25) is 0 Å². The zero-order valence-electron chi connectivity index (χ0n) is 11.9. The van der Waals surface area contributed by atoms with Crippen molar-refractivity contribution in [1.82, 2.24) is 0 Å². The molecule has 0 saturated heterocycles. The van der Waals surface area contributed by atoms with E-state index in [-0.39, 0.29) is 10.8 Å². The first-order valence-electron chi connectivity index (χ1n) is 6.81. The van der Waals surface area contributed by atoms with Crippen LogP contribution >= 0.6 is 15.9 Å². The average Bonchev–Trinajstić information content (AvgIpc) is 2.79. The first-order valence-corrected chi connectivity index (χ1v) is 7.61. The second kappa shape index (κ2) is 3.50. The molecule has 0 N–H and O–H groups in total. The lowest BCUT2D eigenvalue weighted by atomic mass is 9.71. The molecule has 0 bridgehead atoms. The van der Waals surface area contributed by atoms with Crippen molar-refractivity contribution < 1.29 is 0 Å². The zero-order chi connectivity index (χ0) is 13.3. The van der Waals surface area contributed by atoms with Crippen LogP contribution in [0.1, 0.15) is 52.2 Å². The van der Waals surface area contributed by atoms with E-state index in [1.54, 1.807) is 0 Å². The second-order valence-corrected chi connectivity index (χ2v) is 7.72. The highest BCUT2D eigenvalue weighted by atomic mass is 79.9. The van der Waals surface area contributed by atoms with Crippen LogP contribution in [0.25, 0.3) is 12.2 Å². The van der Waals surface area contributed by atoms with Gasteiger partial charge < -0.3 is 0 Å². The normalized spacial score (nSPS) is 26.2. The smallest absolute Gasteiger partial charge is 0.0291 e. The van der Waals surface area contributed by atoms with Gasteiger partial charge in [0.25, 0.3) is 0 Å². The van der Waals surface area contributed by atoms with Gasteiger partial charge in [-0.3, -0.25) is 0 Å². The molecule has 0 heterocycles. The molecule has 3 rings (SSSR count). The molecule has 0 fully saturated rings. The molecule has 1 aromatic rings. The Morgan fingerprint density at radius 3 is 2.44 bits per heavy atom. The Balaban J connectivity index is 2.47. The highest BCUT2D eigenvalue weighted by Gasteiger charge is 2.49. The molecule has 0 nitrogen and oxygen atoms in total. The van der Waals surface area contributed by atoms with E-state index in [1.807, 2.05) is 0 Å². The molecule has 2 aliphatic rings. The van der Waals surface area contributed by atoms with Crippen molar-refractivity contribution in [3.63, 3.8) is 0 Å². The van der Waals surface area contributed by atoms with Gasteiger partial charge in [-0.1, -0.05) is 52.8 Å². The molecular weight excluding hydrogens is 284 g/mol. The average molecular weight is 305 g/mol. The van der Waals surface area contributed by atoms with Gasteiger partial charge in [0.1, 0.15) is 0 Å². The number of hydrogen-bond acceptors (Lipinski definition) is 0. The van der Waals surface area contributed by atoms with Crippen LogP contribution in [-0.2, 0) is 10.8 Å². The van der Waals surface area contributed by atoms with Crippen LogP contribution in [0.3, 0.4) is 0 Å². The summed E-state index contributed by atoms with van der Waals surface area (Å²) >= 11 is 3.89. The Labute approximate surface area is 118 Å². The Bertz CT molecular complexity index is 647. The fraction of sp³-hybridized carbons (Fsp3) is 0.529. The number of benzene rings is 1. The minimum absolute atomic E-state index is 0.239. The fourth-order valence-corrected chi connectivity index (χ4v) is 4.97. The van der Waals surface area contributed by atoms with E-state index in [4.69, 9.17) is 0 Å². The van der Waals surface area contributed by atoms with Crippen molar-refractivity contribution in [2.45, 2.75) is 51.9 Å². The summed E-state index contributed by atoms with van der Waals surface area (Å²) in [6.45, 7) is 12.0. The third-order valence-corrected chi connectivity index (χ3v) is 6.32. The molecular formula is C17H21Br. The summed E-state index contributed by atoms with van der Waals surface area (Å²) in [5.41, 5.74) is 3.57. The predicted molar refractivity (Wildman–Crippen MR) is 82.2 cm³/mol. The molecule has 1 unspecified atom stereocenters. The van der Waals surface area contributed by atoms with Crippen LogP contribution < -0.4 is 10.4 Å². The molecule has 0 aliphatic heterocycles. The molecule has 18 heavy (non-hydrogen) atoms. The molecule has 0 spiro atoms. The highest BCUT2D eigenvalue weighted by molar-refractivity contribution is 9.10. The minimum atomic E-state index is 0.239. The van der Waals surface area contributed by atoms with Crippen LogP contribution in [0, 0.1) is 5.92 Å². The van der Waals surface area contributed by atoms with E-state index < -0.39 is 0 Å². The number of fused-ring (bicyclic) bond motifs is 2. The highest BCUT2D eigenvalue weighted by Crippen LogP contribution is 2.54. The standard InChI is InChI=1S/C17H21Br/c1-10-16(2,3)13-9-11-7-6-8-12(11)15(18)14(13)17(10,4)5/h7-10H,6H2,1-5H3. The fourth-order valence-electron chi connectivity index (χ4n) is 3.86. The largest absolute Gasteiger partial charge is 0.0728 e. The lowest BCUT2D eigenvalue weighted by molar-refractivity contribution is 0.264. The van der Waals surface area contributed by atoms with E-state index in [2.05, 4.69) is 68.8 Å². The Morgan fingerprint density at radius 1 is 1.11 bits per heavy atom. The van der Waals surface area contributed by atoms with Gasteiger partial charge in [-0.2, -0.15) is 0 Å². The minimum Gasteiger partial charge on any atom is -0.0728 e. The van der Waals surface area contributed by atoms with Gasteiger partial charge in [-0.25, -0.2) is 0 Å². The summed E-state index contributed by atoms with van der Waals surface area (Å²) in [6, 6.07) is 2.43. The molecule has 0 radical (unpaired) electrons. The van der Waals surface area contributed by atoms with Crippen LogP contribution in [0.4, 0.5) is 0 Å². The summed E-state index contributed by atoms with van der Waals surface area (Å²) in [4.78, 5) is 0. The monoisotopic (exact) mass is 304 g/mol. The van der Waals surface area contributed by atoms with E-state index in [0.29, 0.717) is 5.92 Å². The summed E-state index contributed by atoms with van der Waals surface area (Å²) in [6.07, 6.45) is 5.76. The third kappa shape index (κ3) is 1.32. The summed E-state index contributed by atoms with van der Waals surface area (Å²) in [5, 5.41) is 2.82. The molecule has 1 heteroatoms. The van der Waals surface area contributed by atoms with E-state index in [9.17, 15) is 0 Å². The van der Waals surface area contributed by atoms with Gasteiger partial charge in [0, 0.05) is 4.47 Å². The van der Waals surface area contributed by atoms with Gasteiger partial charge in [0.2, 0.25) is 0 Å². The Kier molecular flexibility index (Phi) is 2.43. The summed E-state index contributed by atoms with van der Waals surface area (Å²) in [7, 11) is 0. The van der Waals surface area contributed by atoms with Gasteiger partial charge in [0.15, 0.2) is 0 Å². The lowest BCUT2D eigenvalue weighted by Crippen LogP contribution is -2.31. The SMILES string of the molecule is CC1C(C)(C)c2cc3c(c(Br)c2C1(C)C)=CCC=3. The second-order valence-electron chi connectivity index (χ2n) is 6.93. The molecule has 2 aliphatic carbocycles. The topological polar surface area (TPSA) is 0 Å².